The highest BCUT2D eigenvalue weighted by Gasteiger charge is 2.19. The summed E-state index contributed by atoms with van der Waals surface area (Å²) in [5.41, 5.74) is 2.44. The molecule has 0 saturated heterocycles. The van der Waals surface area contributed by atoms with E-state index in [4.69, 9.17) is 11.6 Å². The standard InChI is InChI=1S/C18H18ClN3O2S2/c1-21(2)26(23,24)16-10-13(9-14(19)11-16)17-12-25-18(22(17)3)20-15-7-5-4-6-8-15/h4-12H,1-3H3. The second kappa shape index (κ2) is 7.36. The van der Waals surface area contributed by atoms with E-state index in [9.17, 15) is 8.42 Å². The number of nitrogens with zero attached hydrogens (tertiary/aromatic N) is 3. The molecule has 1 aromatic heterocycles. The number of halogens is 1. The Morgan fingerprint density at radius 1 is 1.12 bits per heavy atom. The highest BCUT2D eigenvalue weighted by atomic mass is 35.5. The third kappa shape index (κ3) is 3.76. The molecule has 136 valence electrons. The average Bonchev–Trinajstić information content (AvgIpc) is 2.96. The maximum Gasteiger partial charge on any atom is 0.242 e. The molecule has 5 nitrogen and oxygen atoms in total. The van der Waals surface area contributed by atoms with Gasteiger partial charge in [0, 0.05) is 37.1 Å². The van der Waals surface area contributed by atoms with Gasteiger partial charge in [0.1, 0.15) is 0 Å². The van der Waals surface area contributed by atoms with E-state index < -0.39 is 10.0 Å². The largest absolute Gasteiger partial charge is 0.320 e. The Hall–Kier alpha value is -1.93. The molecule has 0 aliphatic carbocycles. The number of benzene rings is 2. The Kier molecular flexibility index (Phi) is 5.34. The molecule has 0 fully saturated rings. The zero-order chi connectivity index (χ0) is 18.9. The summed E-state index contributed by atoms with van der Waals surface area (Å²) in [6, 6.07) is 14.5. The highest BCUT2D eigenvalue weighted by molar-refractivity contribution is 7.89. The summed E-state index contributed by atoms with van der Waals surface area (Å²) >= 11 is 7.67. The lowest BCUT2D eigenvalue weighted by atomic mass is 10.2. The molecule has 0 saturated carbocycles. The molecule has 1 heterocycles. The van der Waals surface area contributed by atoms with Gasteiger partial charge in [-0.2, -0.15) is 0 Å². The van der Waals surface area contributed by atoms with Gasteiger partial charge in [-0.05, 0) is 30.3 Å². The zero-order valence-electron chi connectivity index (χ0n) is 14.5. The summed E-state index contributed by atoms with van der Waals surface area (Å²) in [4.78, 5) is 5.60. The molecule has 0 bridgehead atoms. The van der Waals surface area contributed by atoms with Crippen molar-refractivity contribution in [3.05, 3.63) is 63.7 Å². The summed E-state index contributed by atoms with van der Waals surface area (Å²) in [6.07, 6.45) is 0. The highest BCUT2D eigenvalue weighted by Crippen LogP contribution is 2.28. The molecule has 3 aromatic rings. The van der Waals surface area contributed by atoms with Crippen molar-refractivity contribution < 1.29 is 8.42 Å². The van der Waals surface area contributed by atoms with Crippen molar-refractivity contribution in [2.45, 2.75) is 4.90 Å². The lowest BCUT2D eigenvalue weighted by Crippen LogP contribution is -2.22. The van der Waals surface area contributed by atoms with Gasteiger partial charge >= 0.3 is 0 Å². The van der Waals surface area contributed by atoms with Crippen LogP contribution in [0.4, 0.5) is 5.69 Å². The van der Waals surface area contributed by atoms with Gasteiger partial charge in [-0.1, -0.05) is 29.8 Å². The van der Waals surface area contributed by atoms with Crippen LogP contribution in [0, 0.1) is 0 Å². The average molecular weight is 408 g/mol. The number of para-hydroxylation sites is 1. The molecule has 26 heavy (non-hydrogen) atoms. The van der Waals surface area contributed by atoms with Crippen molar-refractivity contribution in [1.82, 2.24) is 8.87 Å². The monoisotopic (exact) mass is 407 g/mol. The van der Waals surface area contributed by atoms with Gasteiger partial charge in [-0.25, -0.2) is 17.7 Å². The number of rotatable bonds is 4. The van der Waals surface area contributed by atoms with Crippen molar-refractivity contribution in [2.75, 3.05) is 14.1 Å². The van der Waals surface area contributed by atoms with Crippen molar-refractivity contribution in [3.63, 3.8) is 0 Å². The minimum atomic E-state index is -3.56. The lowest BCUT2D eigenvalue weighted by Gasteiger charge is -2.13. The molecular formula is C18H18ClN3O2S2. The Morgan fingerprint density at radius 2 is 1.81 bits per heavy atom. The summed E-state index contributed by atoms with van der Waals surface area (Å²) in [5.74, 6) is 0. The molecule has 0 N–H and O–H groups in total. The lowest BCUT2D eigenvalue weighted by molar-refractivity contribution is 0.521. The van der Waals surface area contributed by atoms with Crippen LogP contribution in [0.25, 0.3) is 11.3 Å². The second-order valence-electron chi connectivity index (χ2n) is 5.87. The summed E-state index contributed by atoms with van der Waals surface area (Å²) in [6.45, 7) is 0. The van der Waals surface area contributed by atoms with Crippen LogP contribution in [-0.4, -0.2) is 31.4 Å². The molecule has 0 atom stereocenters. The topological polar surface area (TPSA) is 54.7 Å². The van der Waals surface area contributed by atoms with Gasteiger partial charge in [0.15, 0.2) is 4.80 Å². The Labute approximate surface area is 161 Å². The number of aromatic nitrogens is 1. The quantitative estimate of drug-likeness (QED) is 0.658. The van der Waals surface area contributed by atoms with Crippen LogP contribution in [-0.2, 0) is 17.1 Å². The fourth-order valence-corrected chi connectivity index (χ4v) is 4.62. The first kappa shape index (κ1) is 18.8. The number of hydrogen-bond donors (Lipinski definition) is 0. The van der Waals surface area contributed by atoms with Crippen molar-refractivity contribution in [2.24, 2.45) is 12.0 Å². The van der Waals surface area contributed by atoms with E-state index in [1.54, 1.807) is 12.1 Å². The van der Waals surface area contributed by atoms with Crippen LogP contribution in [0.1, 0.15) is 0 Å². The van der Waals surface area contributed by atoms with Crippen LogP contribution < -0.4 is 4.80 Å². The van der Waals surface area contributed by atoms with Crippen molar-refractivity contribution >= 4 is 38.6 Å². The predicted molar refractivity (Wildman–Crippen MR) is 106 cm³/mol. The van der Waals surface area contributed by atoms with E-state index in [0.717, 1.165) is 21.7 Å². The first-order valence-electron chi connectivity index (χ1n) is 7.77. The van der Waals surface area contributed by atoms with Gasteiger partial charge in [0.25, 0.3) is 0 Å². The molecule has 0 spiro atoms. The molecule has 2 aromatic carbocycles. The molecular weight excluding hydrogens is 390 g/mol. The first-order valence-corrected chi connectivity index (χ1v) is 10.5. The summed E-state index contributed by atoms with van der Waals surface area (Å²) in [7, 11) is 1.33. The summed E-state index contributed by atoms with van der Waals surface area (Å²) < 4.78 is 28.0. The Balaban J connectivity index is 2.12. The maximum absolute atomic E-state index is 12.4. The Morgan fingerprint density at radius 3 is 2.46 bits per heavy atom. The molecule has 8 heteroatoms. The summed E-state index contributed by atoms with van der Waals surface area (Å²) in [5, 5.41) is 2.31. The predicted octanol–water partition coefficient (Wildman–Crippen LogP) is 3.89. The van der Waals surface area contributed by atoms with Gasteiger partial charge in [-0.15, -0.1) is 11.3 Å². The minimum Gasteiger partial charge on any atom is -0.320 e. The van der Waals surface area contributed by atoms with E-state index in [1.807, 2.05) is 47.3 Å². The molecule has 0 aliphatic rings. The molecule has 3 rings (SSSR count). The van der Waals surface area contributed by atoms with Crippen LogP contribution in [0.3, 0.4) is 0 Å². The fraction of sp³-hybridized carbons (Fsp3) is 0.167. The van der Waals surface area contributed by atoms with Gasteiger partial charge in [0.2, 0.25) is 10.0 Å². The van der Waals surface area contributed by atoms with E-state index in [1.165, 1.54) is 35.8 Å². The smallest absolute Gasteiger partial charge is 0.242 e. The molecule has 0 radical (unpaired) electrons. The maximum atomic E-state index is 12.4. The van der Waals surface area contributed by atoms with Gasteiger partial charge in [0.05, 0.1) is 16.3 Å². The van der Waals surface area contributed by atoms with E-state index in [-0.39, 0.29) is 4.90 Å². The van der Waals surface area contributed by atoms with Crippen LogP contribution in [0.15, 0.2) is 63.8 Å². The van der Waals surface area contributed by atoms with Crippen LogP contribution in [0.2, 0.25) is 5.02 Å². The number of hydrogen-bond acceptors (Lipinski definition) is 4. The number of thiazole rings is 1. The SMILES string of the molecule is CN(C)S(=O)(=O)c1cc(Cl)cc(-c2csc(=Nc3ccccc3)n2C)c1. The first-order chi connectivity index (χ1) is 12.3. The molecule has 0 aliphatic heterocycles. The van der Waals surface area contributed by atoms with Gasteiger partial charge in [-0.3, -0.25) is 0 Å². The molecule has 0 unspecified atom stereocenters. The van der Waals surface area contributed by atoms with Crippen LogP contribution in [0.5, 0.6) is 0 Å². The fourth-order valence-electron chi connectivity index (χ4n) is 2.42. The Bertz CT molecular complexity index is 1100. The minimum absolute atomic E-state index is 0.165. The van der Waals surface area contributed by atoms with Gasteiger partial charge < -0.3 is 4.57 Å². The van der Waals surface area contributed by atoms with Crippen LogP contribution >= 0.6 is 22.9 Å². The molecule has 0 amide bonds. The van der Waals surface area contributed by atoms with E-state index in [0.29, 0.717) is 5.02 Å². The third-order valence-electron chi connectivity index (χ3n) is 3.85. The van der Waals surface area contributed by atoms with E-state index in [2.05, 4.69) is 4.99 Å². The van der Waals surface area contributed by atoms with E-state index >= 15 is 0 Å². The number of sulfonamides is 1. The van der Waals surface area contributed by atoms with Crippen molar-refractivity contribution in [1.29, 1.82) is 0 Å². The second-order valence-corrected chi connectivity index (χ2v) is 9.30. The normalized spacial score (nSPS) is 12.7. The van der Waals surface area contributed by atoms with Crippen molar-refractivity contribution in [3.8, 4) is 11.3 Å². The zero-order valence-corrected chi connectivity index (χ0v) is 16.9. The third-order valence-corrected chi connectivity index (χ3v) is 6.78.